The molecule has 3 heteroatoms. The fourth-order valence-corrected chi connectivity index (χ4v) is 1.97. The van der Waals surface area contributed by atoms with Crippen LogP contribution in [0.5, 0.6) is 0 Å². The summed E-state index contributed by atoms with van der Waals surface area (Å²) >= 11 is 0. The zero-order valence-electron chi connectivity index (χ0n) is 9.08. The molecule has 0 amide bonds. The van der Waals surface area contributed by atoms with Crippen LogP contribution in [0.15, 0.2) is 0 Å². The van der Waals surface area contributed by atoms with Crippen LogP contribution in [0, 0.1) is 5.92 Å². The third-order valence-electron chi connectivity index (χ3n) is 3.07. The van der Waals surface area contributed by atoms with Gasteiger partial charge in [0.1, 0.15) is 0 Å². The van der Waals surface area contributed by atoms with E-state index >= 15 is 0 Å². The fourth-order valence-electron chi connectivity index (χ4n) is 1.97. The summed E-state index contributed by atoms with van der Waals surface area (Å²) in [7, 11) is 0. The molecule has 0 aromatic heterocycles. The van der Waals surface area contributed by atoms with Crippen molar-refractivity contribution in [3.8, 4) is 0 Å². The van der Waals surface area contributed by atoms with Crippen LogP contribution in [0.3, 0.4) is 0 Å². The van der Waals surface area contributed by atoms with Crippen LogP contribution in [0.2, 0.25) is 0 Å². The molecule has 0 aromatic rings. The summed E-state index contributed by atoms with van der Waals surface area (Å²) in [4.78, 5) is 0. The minimum absolute atomic E-state index is 0.0667. The Kier molecular flexibility index (Phi) is 5.45. The molecule has 1 atom stereocenters. The highest BCUT2D eigenvalue weighted by Crippen LogP contribution is 2.18. The topological polar surface area (TPSA) is 52.5 Å². The zero-order chi connectivity index (χ0) is 10.4. The molecule has 0 saturated heterocycles. The average molecular weight is 201 g/mol. The van der Waals surface area contributed by atoms with Crippen molar-refractivity contribution in [2.24, 2.45) is 5.92 Å². The van der Waals surface area contributed by atoms with Gasteiger partial charge in [-0.2, -0.15) is 0 Å². The first-order chi connectivity index (χ1) is 6.72. The van der Waals surface area contributed by atoms with Gasteiger partial charge in [0.25, 0.3) is 0 Å². The summed E-state index contributed by atoms with van der Waals surface area (Å²) in [6, 6.07) is 0.583. The second-order valence-corrected chi connectivity index (χ2v) is 4.53. The standard InChI is InChI=1S/C11H23NO2/c1-9(6-7-13)8-12-10-2-4-11(14)5-3-10/h9-14H,2-8H2,1H3. The van der Waals surface area contributed by atoms with Crippen LogP contribution in [0.1, 0.15) is 39.0 Å². The Bertz CT molecular complexity index is 144. The van der Waals surface area contributed by atoms with Gasteiger partial charge in [0.15, 0.2) is 0 Å². The fraction of sp³-hybridized carbons (Fsp3) is 1.00. The summed E-state index contributed by atoms with van der Waals surface area (Å²) in [5.74, 6) is 0.548. The van der Waals surface area contributed by atoms with E-state index in [4.69, 9.17) is 5.11 Å². The molecule has 3 N–H and O–H groups in total. The molecule has 1 rings (SSSR count). The summed E-state index contributed by atoms with van der Waals surface area (Å²) < 4.78 is 0. The maximum atomic E-state index is 9.33. The highest BCUT2D eigenvalue weighted by Gasteiger charge is 2.18. The summed E-state index contributed by atoms with van der Waals surface area (Å²) in [5.41, 5.74) is 0. The van der Waals surface area contributed by atoms with Gasteiger partial charge in [-0.1, -0.05) is 6.92 Å². The van der Waals surface area contributed by atoms with Crippen LogP contribution < -0.4 is 5.32 Å². The van der Waals surface area contributed by atoms with Gasteiger partial charge < -0.3 is 15.5 Å². The van der Waals surface area contributed by atoms with Crippen molar-refractivity contribution in [2.45, 2.75) is 51.2 Å². The van der Waals surface area contributed by atoms with Crippen molar-refractivity contribution < 1.29 is 10.2 Å². The quantitative estimate of drug-likeness (QED) is 0.619. The van der Waals surface area contributed by atoms with E-state index in [0.717, 1.165) is 38.6 Å². The van der Waals surface area contributed by atoms with Gasteiger partial charge in [-0.3, -0.25) is 0 Å². The molecule has 0 spiro atoms. The van der Waals surface area contributed by atoms with E-state index in [1.54, 1.807) is 0 Å². The van der Waals surface area contributed by atoms with E-state index in [9.17, 15) is 5.11 Å². The zero-order valence-corrected chi connectivity index (χ0v) is 9.08. The molecule has 1 saturated carbocycles. The first-order valence-corrected chi connectivity index (χ1v) is 5.74. The summed E-state index contributed by atoms with van der Waals surface area (Å²) in [6.07, 6.45) is 4.86. The van der Waals surface area contributed by atoms with Crippen molar-refractivity contribution in [3.05, 3.63) is 0 Å². The van der Waals surface area contributed by atoms with Crippen molar-refractivity contribution in [3.63, 3.8) is 0 Å². The minimum atomic E-state index is -0.0667. The number of nitrogens with one attached hydrogen (secondary N) is 1. The first-order valence-electron chi connectivity index (χ1n) is 5.74. The van der Waals surface area contributed by atoms with Crippen molar-refractivity contribution in [1.29, 1.82) is 0 Å². The molecule has 0 aromatic carbocycles. The van der Waals surface area contributed by atoms with E-state index in [-0.39, 0.29) is 12.7 Å². The van der Waals surface area contributed by atoms with E-state index in [0.29, 0.717) is 12.0 Å². The number of aliphatic hydroxyl groups excluding tert-OH is 2. The molecule has 1 unspecified atom stereocenters. The SMILES string of the molecule is CC(CCO)CNC1CCC(O)CC1. The van der Waals surface area contributed by atoms with Gasteiger partial charge in [-0.05, 0) is 44.6 Å². The van der Waals surface area contributed by atoms with Gasteiger partial charge in [0.05, 0.1) is 6.10 Å². The number of aliphatic hydroxyl groups is 2. The van der Waals surface area contributed by atoms with Gasteiger partial charge in [-0.15, -0.1) is 0 Å². The van der Waals surface area contributed by atoms with E-state index in [1.807, 2.05) is 0 Å². The third-order valence-corrected chi connectivity index (χ3v) is 3.07. The number of rotatable bonds is 5. The lowest BCUT2D eigenvalue weighted by atomic mass is 9.93. The van der Waals surface area contributed by atoms with Gasteiger partial charge in [0, 0.05) is 12.6 Å². The highest BCUT2D eigenvalue weighted by molar-refractivity contribution is 4.77. The van der Waals surface area contributed by atoms with Crippen molar-refractivity contribution >= 4 is 0 Å². The molecular weight excluding hydrogens is 178 g/mol. The number of hydrogen-bond donors (Lipinski definition) is 3. The largest absolute Gasteiger partial charge is 0.396 e. The monoisotopic (exact) mass is 201 g/mol. The van der Waals surface area contributed by atoms with Crippen LogP contribution in [-0.2, 0) is 0 Å². The molecule has 1 aliphatic carbocycles. The lowest BCUT2D eigenvalue weighted by molar-refractivity contribution is 0.115. The maximum absolute atomic E-state index is 9.33. The number of hydrogen-bond acceptors (Lipinski definition) is 3. The minimum Gasteiger partial charge on any atom is -0.396 e. The van der Waals surface area contributed by atoms with Crippen LogP contribution in [0.4, 0.5) is 0 Å². The third kappa shape index (κ3) is 4.40. The predicted molar refractivity (Wildman–Crippen MR) is 57.1 cm³/mol. The summed E-state index contributed by atoms with van der Waals surface area (Å²) in [6.45, 7) is 3.43. The maximum Gasteiger partial charge on any atom is 0.0541 e. The van der Waals surface area contributed by atoms with Gasteiger partial charge in [0.2, 0.25) is 0 Å². The predicted octanol–water partition coefficient (Wildman–Crippen LogP) is 0.898. The Morgan fingerprint density at radius 1 is 1.29 bits per heavy atom. The Morgan fingerprint density at radius 2 is 1.93 bits per heavy atom. The van der Waals surface area contributed by atoms with Crippen molar-refractivity contribution in [1.82, 2.24) is 5.32 Å². The molecule has 1 fully saturated rings. The van der Waals surface area contributed by atoms with E-state index in [1.165, 1.54) is 0 Å². The normalized spacial score (nSPS) is 30.2. The molecule has 3 nitrogen and oxygen atoms in total. The lowest BCUT2D eigenvalue weighted by Gasteiger charge is -2.27. The molecule has 0 aliphatic heterocycles. The Hall–Kier alpha value is -0.120. The van der Waals surface area contributed by atoms with Gasteiger partial charge >= 0.3 is 0 Å². The smallest absolute Gasteiger partial charge is 0.0541 e. The molecule has 84 valence electrons. The Morgan fingerprint density at radius 3 is 2.50 bits per heavy atom. The van der Waals surface area contributed by atoms with Crippen molar-refractivity contribution in [2.75, 3.05) is 13.2 Å². The molecule has 14 heavy (non-hydrogen) atoms. The van der Waals surface area contributed by atoms with Crippen LogP contribution >= 0.6 is 0 Å². The lowest BCUT2D eigenvalue weighted by Crippen LogP contribution is -2.37. The van der Waals surface area contributed by atoms with Crippen LogP contribution in [0.25, 0.3) is 0 Å². The molecule has 0 bridgehead atoms. The second kappa shape index (κ2) is 6.38. The van der Waals surface area contributed by atoms with E-state index < -0.39 is 0 Å². The average Bonchev–Trinajstić information content (AvgIpc) is 2.17. The van der Waals surface area contributed by atoms with E-state index in [2.05, 4.69) is 12.2 Å². The highest BCUT2D eigenvalue weighted by atomic mass is 16.3. The van der Waals surface area contributed by atoms with Gasteiger partial charge in [-0.25, -0.2) is 0 Å². The Labute approximate surface area is 86.5 Å². The molecule has 0 radical (unpaired) electrons. The summed E-state index contributed by atoms with van der Waals surface area (Å²) in [5, 5.41) is 21.6. The Balaban J connectivity index is 2.06. The first kappa shape index (κ1) is 12.0. The molecular formula is C11H23NO2. The van der Waals surface area contributed by atoms with Crippen LogP contribution in [-0.4, -0.2) is 35.5 Å². The molecule has 1 aliphatic rings. The molecule has 0 heterocycles. The second-order valence-electron chi connectivity index (χ2n) is 4.53.